The average Bonchev–Trinajstić information content (AvgIpc) is 2.57. The molecule has 1 amide bonds. The highest BCUT2D eigenvalue weighted by atomic mass is 127. The lowest BCUT2D eigenvalue weighted by molar-refractivity contribution is -0.130. The van der Waals surface area contributed by atoms with Crippen LogP contribution in [0.3, 0.4) is 0 Å². The van der Waals surface area contributed by atoms with Crippen molar-refractivity contribution in [2.45, 2.75) is 27.7 Å². The summed E-state index contributed by atoms with van der Waals surface area (Å²) in [6, 6.07) is 6.22. The highest BCUT2D eigenvalue weighted by Crippen LogP contribution is 2.16. The predicted molar refractivity (Wildman–Crippen MR) is 117 cm³/mol. The Kier molecular flexibility index (Phi) is 9.75. The van der Waals surface area contributed by atoms with E-state index < -0.39 is 0 Å². The molecule has 1 N–H and O–H groups in total. The van der Waals surface area contributed by atoms with Gasteiger partial charge in [0.2, 0.25) is 5.91 Å². The number of aliphatic imine (C=N–C) groups is 1. The summed E-state index contributed by atoms with van der Waals surface area (Å²) in [7, 11) is 0. The molecule has 26 heavy (non-hydrogen) atoms. The Morgan fingerprint density at radius 3 is 2.23 bits per heavy atom. The second kappa shape index (κ2) is 11.3. The number of amides is 1. The zero-order valence-corrected chi connectivity index (χ0v) is 18.6. The fourth-order valence-corrected chi connectivity index (χ4v) is 2.99. The topological polar surface area (TPSA) is 57.2 Å². The molecule has 1 aromatic rings. The number of ether oxygens (including phenoxy) is 1. The van der Waals surface area contributed by atoms with Crippen LogP contribution in [0, 0.1) is 13.8 Å². The maximum absolute atomic E-state index is 11.4. The number of hydrogen-bond donors (Lipinski definition) is 1. The van der Waals surface area contributed by atoms with Crippen LogP contribution in [-0.2, 0) is 4.79 Å². The third kappa shape index (κ3) is 7.01. The maximum Gasteiger partial charge on any atom is 0.219 e. The second-order valence-electron chi connectivity index (χ2n) is 6.40. The van der Waals surface area contributed by atoms with E-state index in [4.69, 9.17) is 4.74 Å². The van der Waals surface area contributed by atoms with Crippen molar-refractivity contribution in [2.24, 2.45) is 4.99 Å². The number of halogens is 1. The Bertz CT molecular complexity index is 593. The standard InChI is InChI=1S/C19H30N4O2.HI/c1-5-20-19(23-9-7-22(8-10-23)17(4)24)21-6-11-25-18-13-15(2)12-16(3)14-18;/h12-14H,5-11H2,1-4H3,(H,20,21);1H. The first-order valence-corrected chi connectivity index (χ1v) is 8.99. The molecule has 0 saturated carbocycles. The minimum absolute atomic E-state index is 0. The lowest BCUT2D eigenvalue weighted by Gasteiger charge is -2.36. The van der Waals surface area contributed by atoms with Crippen molar-refractivity contribution in [3.05, 3.63) is 29.3 Å². The summed E-state index contributed by atoms with van der Waals surface area (Å²) < 4.78 is 5.83. The van der Waals surface area contributed by atoms with Gasteiger partial charge >= 0.3 is 0 Å². The van der Waals surface area contributed by atoms with Gasteiger partial charge in [0, 0.05) is 39.6 Å². The number of aryl methyl sites for hydroxylation is 2. The monoisotopic (exact) mass is 474 g/mol. The van der Waals surface area contributed by atoms with Gasteiger partial charge in [-0.15, -0.1) is 24.0 Å². The van der Waals surface area contributed by atoms with Crippen LogP contribution >= 0.6 is 24.0 Å². The fraction of sp³-hybridized carbons (Fsp3) is 0.579. The van der Waals surface area contributed by atoms with E-state index >= 15 is 0 Å². The van der Waals surface area contributed by atoms with Crippen LogP contribution in [-0.4, -0.2) is 67.5 Å². The summed E-state index contributed by atoms with van der Waals surface area (Å²) in [4.78, 5) is 20.2. The van der Waals surface area contributed by atoms with Crippen LogP contribution in [0.2, 0.25) is 0 Å². The molecule has 1 saturated heterocycles. The van der Waals surface area contributed by atoms with E-state index in [-0.39, 0.29) is 29.9 Å². The number of guanidine groups is 1. The second-order valence-corrected chi connectivity index (χ2v) is 6.40. The molecular formula is C19H31IN4O2. The molecule has 6 nitrogen and oxygen atoms in total. The van der Waals surface area contributed by atoms with Gasteiger partial charge in [-0.3, -0.25) is 4.79 Å². The van der Waals surface area contributed by atoms with Gasteiger partial charge in [-0.05, 0) is 44.0 Å². The van der Waals surface area contributed by atoms with Gasteiger partial charge in [-0.25, -0.2) is 4.99 Å². The number of carbonyl (C=O) groups excluding carboxylic acids is 1. The predicted octanol–water partition coefficient (Wildman–Crippen LogP) is 2.43. The number of nitrogens with one attached hydrogen (secondary N) is 1. The van der Waals surface area contributed by atoms with E-state index in [0.717, 1.165) is 44.4 Å². The van der Waals surface area contributed by atoms with Crippen molar-refractivity contribution >= 4 is 35.8 Å². The Morgan fingerprint density at radius 1 is 1.12 bits per heavy atom. The molecule has 1 aliphatic rings. The van der Waals surface area contributed by atoms with Crippen LogP contribution in [0.1, 0.15) is 25.0 Å². The first kappa shape index (κ1) is 22.5. The van der Waals surface area contributed by atoms with Gasteiger partial charge in [-0.2, -0.15) is 0 Å². The van der Waals surface area contributed by atoms with Gasteiger partial charge in [0.1, 0.15) is 12.4 Å². The Morgan fingerprint density at radius 2 is 1.69 bits per heavy atom. The molecule has 0 radical (unpaired) electrons. The van der Waals surface area contributed by atoms with Crippen molar-refractivity contribution in [2.75, 3.05) is 45.9 Å². The zero-order valence-electron chi connectivity index (χ0n) is 16.2. The largest absolute Gasteiger partial charge is 0.492 e. The number of hydrogen-bond acceptors (Lipinski definition) is 3. The molecule has 1 heterocycles. The average molecular weight is 474 g/mol. The van der Waals surface area contributed by atoms with E-state index in [1.54, 1.807) is 6.92 Å². The SMILES string of the molecule is CCNC(=NCCOc1cc(C)cc(C)c1)N1CCN(C(C)=O)CC1.I. The third-order valence-corrected chi connectivity index (χ3v) is 4.18. The van der Waals surface area contributed by atoms with Crippen LogP contribution in [0.5, 0.6) is 5.75 Å². The maximum atomic E-state index is 11.4. The summed E-state index contributed by atoms with van der Waals surface area (Å²) in [5.41, 5.74) is 2.41. The summed E-state index contributed by atoms with van der Waals surface area (Å²) in [6.07, 6.45) is 0. The van der Waals surface area contributed by atoms with Gasteiger partial charge < -0.3 is 19.9 Å². The number of rotatable bonds is 5. The van der Waals surface area contributed by atoms with Crippen LogP contribution < -0.4 is 10.1 Å². The highest BCUT2D eigenvalue weighted by Gasteiger charge is 2.20. The van der Waals surface area contributed by atoms with E-state index in [0.29, 0.717) is 13.2 Å². The van der Waals surface area contributed by atoms with E-state index in [9.17, 15) is 4.79 Å². The van der Waals surface area contributed by atoms with Gasteiger partial charge in [0.05, 0.1) is 6.54 Å². The molecule has 0 atom stereocenters. The van der Waals surface area contributed by atoms with E-state index in [1.807, 2.05) is 17.0 Å². The molecule has 0 aromatic heterocycles. The summed E-state index contributed by atoms with van der Waals surface area (Å²) in [5.74, 6) is 1.94. The van der Waals surface area contributed by atoms with Crippen molar-refractivity contribution in [1.29, 1.82) is 0 Å². The molecule has 7 heteroatoms. The van der Waals surface area contributed by atoms with Crippen molar-refractivity contribution in [3.63, 3.8) is 0 Å². The first-order valence-electron chi connectivity index (χ1n) is 8.99. The fourth-order valence-electron chi connectivity index (χ4n) is 2.99. The summed E-state index contributed by atoms with van der Waals surface area (Å²) in [6.45, 7) is 12.9. The van der Waals surface area contributed by atoms with Gasteiger partial charge in [0.25, 0.3) is 0 Å². The number of nitrogens with zero attached hydrogens (tertiary/aromatic N) is 3. The van der Waals surface area contributed by atoms with Crippen molar-refractivity contribution in [1.82, 2.24) is 15.1 Å². The molecule has 0 unspecified atom stereocenters. The number of benzene rings is 1. The van der Waals surface area contributed by atoms with E-state index in [1.165, 1.54) is 11.1 Å². The molecule has 146 valence electrons. The molecular weight excluding hydrogens is 443 g/mol. The lowest BCUT2D eigenvalue weighted by Crippen LogP contribution is -2.53. The lowest BCUT2D eigenvalue weighted by atomic mass is 10.1. The van der Waals surface area contributed by atoms with Crippen LogP contribution in [0.4, 0.5) is 0 Å². The molecule has 1 fully saturated rings. The number of piperazine rings is 1. The van der Waals surface area contributed by atoms with Crippen LogP contribution in [0.25, 0.3) is 0 Å². The van der Waals surface area contributed by atoms with E-state index in [2.05, 4.69) is 42.0 Å². The van der Waals surface area contributed by atoms with Gasteiger partial charge in [-0.1, -0.05) is 6.07 Å². The highest BCUT2D eigenvalue weighted by molar-refractivity contribution is 14.0. The quantitative estimate of drug-likeness (QED) is 0.308. The van der Waals surface area contributed by atoms with Crippen molar-refractivity contribution in [3.8, 4) is 5.75 Å². The summed E-state index contributed by atoms with van der Waals surface area (Å²) >= 11 is 0. The van der Waals surface area contributed by atoms with Gasteiger partial charge in [0.15, 0.2) is 5.96 Å². The minimum atomic E-state index is 0. The summed E-state index contributed by atoms with van der Waals surface area (Å²) in [5, 5.41) is 3.33. The third-order valence-electron chi connectivity index (χ3n) is 4.18. The Labute approximate surface area is 174 Å². The minimum Gasteiger partial charge on any atom is -0.492 e. The molecule has 1 aliphatic heterocycles. The zero-order chi connectivity index (χ0) is 18.2. The van der Waals surface area contributed by atoms with Crippen LogP contribution in [0.15, 0.2) is 23.2 Å². The smallest absolute Gasteiger partial charge is 0.219 e. The van der Waals surface area contributed by atoms with Crippen molar-refractivity contribution < 1.29 is 9.53 Å². The molecule has 0 spiro atoms. The molecule has 2 rings (SSSR count). The first-order chi connectivity index (χ1) is 12.0. The molecule has 0 bridgehead atoms. The Balaban J connectivity index is 0.00000338. The number of carbonyl (C=O) groups is 1. The molecule has 1 aromatic carbocycles. The normalized spacial score (nSPS) is 14.7. The Hall–Kier alpha value is -1.51. The molecule has 0 aliphatic carbocycles.